The molecule has 11 bridgehead atoms. The number of carboxylic acids is 1. The molecule has 0 saturated carbocycles. The van der Waals surface area contributed by atoms with Crippen LogP contribution in [0.25, 0.3) is 0 Å². The van der Waals surface area contributed by atoms with E-state index in [0.717, 1.165) is 60.7 Å². The number of hydrogen-bond donors (Lipinski definition) is 22. The van der Waals surface area contributed by atoms with Crippen molar-refractivity contribution in [3.8, 4) is 46.0 Å². The number of halogens is 2. The van der Waals surface area contributed by atoms with Gasteiger partial charge in [0.2, 0.25) is 53.6 Å². The minimum Gasteiger partial charge on any atom is -0.508 e. The van der Waals surface area contributed by atoms with Gasteiger partial charge in [0.25, 0.3) is 5.91 Å². The maximum absolute atomic E-state index is 16.8. The number of rotatable bonds is 17. The van der Waals surface area contributed by atoms with E-state index in [9.17, 15) is 85.9 Å². The molecule has 4 fully saturated rings. The molecule has 16 rings (SSSR count). The number of benzene rings is 6. The van der Waals surface area contributed by atoms with Crippen molar-refractivity contribution in [1.29, 1.82) is 0 Å². The molecule has 1 aliphatic carbocycles. The van der Waals surface area contributed by atoms with E-state index in [2.05, 4.69) is 31.9 Å². The zero-order valence-electron chi connectivity index (χ0n) is 66.3. The van der Waals surface area contributed by atoms with Crippen molar-refractivity contribution in [1.82, 2.24) is 31.9 Å². The first-order valence-electron chi connectivity index (χ1n) is 39.6. The van der Waals surface area contributed by atoms with Gasteiger partial charge in [0.15, 0.2) is 42.5 Å². The van der Waals surface area contributed by atoms with Gasteiger partial charge in [-0.1, -0.05) is 90.0 Å². The third-order valence-corrected chi connectivity index (χ3v) is 23.3. The van der Waals surface area contributed by atoms with Crippen molar-refractivity contribution < 1.29 is 162 Å². The van der Waals surface area contributed by atoms with Crippen LogP contribution in [0.2, 0.25) is 10.0 Å². The van der Waals surface area contributed by atoms with Crippen molar-refractivity contribution in [2.75, 3.05) is 20.3 Å². The van der Waals surface area contributed by atoms with Crippen molar-refractivity contribution in [2.24, 2.45) is 11.5 Å². The number of amides is 6. The van der Waals surface area contributed by atoms with E-state index >= 15 is 24.0 Å². The number of hydrogen-bond acceptors (Lipinski definition) is 34. The molecule has 43 heteroatoms. The predicted molar refractivity (Wildman–Crippen MR) is 427 cm³/mol. The number of methoxy groups -OCH3 is 1. The van der Waals surface area contributed by atoms with Gasteiger partial charge in [-0.25, -0.2) is 4.79 Å². The Bertz CT molecular complexity index is 5130. The van der Waals surface area contributed by atoms with Gasteiger partial charge in [0.1, 0.15) is 120 Å². The second-order valence-corrected chi connectivity index (χ2v) is 31.9. The molecule has 0 radical (unpaired) electrons. The molecule has 4 saturated heterocycles. The number of nitrogens with one attached hydrogen (secondary N) is 6. The van der Waals surface area contributed by atoms with E-state index in [-0.39, 0.29) is 33.9 Å². The van der Waals surface area contributed by atoms with Crippen molar-refractivity contribution in [2.45, 2.75) is 197 Å². The van der Waals surface area contributed by atoms with E-state index in [0.29, 0.717) is 5.56 Å². The standard InChI is InChI=1S/C83H90Cl2N8O33/c1-30-70(116-2)44(87)27-54(117-30)123-71-35-12-17-48(42(85)21-35)119-51-23-36-22-50(72(51)126-83-73(68(105)66(103)53(29-95)122-83)124-55-26-43(86)64(101)81(115)125-55)118-38-13-8-32(9-14-38)62(99)60(92-79(112)63(100)34-11-16-47(98)41(84)20-34)77(110)88-45(18-31-6-4-3-5-7-31)74(107)89-58(36)76(109)90-57-33-10-15-46(97)39(19-33)56-40(59(80(113)114)91-78(111)61(71)93-75(57)108)24-37(96)25-49(56)120-82-69(106)67(104)65(102)52(28-94)121-82/h3-17,19-25,30,39,43-46,52-55,57-62,64-71,73,81-83,94-99,101-106,115H,18,26-29,86-87H2,1-2H3,(H,88,110)(H,89,107)(H,90,109)(H,91,111)(H,92,112)(H,93,108)(H,113,114)/t30-,39?,43-,44-,45-,46?,52+,53+,54-,55+,57+,58+,59-,60+,61-,62+,64+,65+,66+,67-,68-,69-,70-,71+,73+,81+,82-,83-/m0/s1. The maximum Gasteiger partial charge on any atom is 0.330 e. The second-order valence-electron chi connectivity index (χ2n) is 31.1. The highest BCUT2D eigenvalue weighted by atomic mass is 35.5. The van der Waals surface area contributed by atoms with Gasteiger partial charge >= 0.3 is 5.97 Å². The molecule has 6 amide bonds. The number of carbonyl (C=O) groups excluding carboxylic acids is 7. The van der Waals surface area contributed by atoms with E-state index in [1.807, 2.05) is 0 Å². The number of aliphatic hydroxyl groups excluding tert-OH is 11. The highest BCUT2D eigenvalue weighted by molar-refractivity contribution is 6.44. The summed E-state index contributed by atoms with van der Waals surface area (Å²) >= 11 is 13.6. The number of phenolic OH excluding ortho intramolecular Hbond substituents is 2. The highest BCUT2D eigenvalue weighted by Gasteiger charge is 2.53. The number of nitrogens with two attached hydrogens (primary N) is 2. The molecule has 9 aliphatic heterocycles. The van der Waals surface area contributed by atoms with Crippen LogP contribution in [0.1, 0.15) is 93.7 Å². The molecule has 0 aromatic heterocycles. The Morgan fingerprint density at radius 3 is 1.92 bits per heavy atom. The summed E-state index contributed by atoms with van der Waals surface area (Å²) in [5.41, 5.74) is 10.5. The maximum atomic E-state index is 16.8. The van der Waals surface area contributed by atoms with Gasteiger partial charge in [0.05, 0.1) is 41.6 Å². The minimum absolute atomic E-state index is 0.177. The Morgan fingerprint density at radius 1 is 0.595 bits per heavy atom. The topological polar surface area (TPSA) is 646 Å². The summed E-state index contributed by atoms with van der Waals surface area (Å²) < 4.78 is 69.0. The van der Waals surface area contributed by atoms with Crippen LogP contribution in [0.15, 0.2) is 139 Å². The van der Waals surface area contributed by atoms with Crippen LogP contribution in [0, 0.1) is 0 Å². The summed E-state index contributed by atoms with van der Waals surface area (Å²) in [5, 5.41) is 172. The Hall–Kier alpha value is -10.7. The lowest BCUT2D eigenvalue weighted by atomic mass is 9.80. The van der Waals surface area contributed by atoms with E-state index in [4.69, 9.17) is 86.8 Å². The smallest absolute Gasteiger partial charge is 0.330 e. The van der Waals surface area contributed by atoms with Crippen molar-refractivity contribution in [3.63, 3.8) is 0 Å². The fraction of sp³-hybridized carbons (Fsp3) is 0.422. The third-order valence-electron chi connectivity index (χ3n) is 22.7. The molecule has 28 atom stereocenters. The molecule has 6 aromatic rings. The molecule has 0 spiro atoms. The van der Waals surface area contributed by atoms with Crippen LogP contribution >= 0.6 is 23.2 Å². The minimum atomic E-state index is -2.41. The van der Waals surface area contributed by atoms with Crippen molar-refractivity contribution in [3.05, 3.63) is 188 Å². The first-order chi connectivity index (χ1) is 60.1. The largest absolute Gasteiger partial charge is 0.508 e. The van der Waals surface area contributed by atoms with Crippen LogP contribution in [0.3, 0.4) is 0 Å². The molecule has 24 N–H and O–H groups in total. The number of ketones is 1. The van der Waals surface area contributed by atoms with Gasteiger partial charge in [-0.05, 0) is 101 Å². The number of aliphatic carboxylic acids is 1. The number of ether oxygens (including phenoxy) is 11. The quantitative estimate of drug-likeness (QED) is 0.0342. The molecule has 9 heterocycles. The van der Waals surface area contributed by atoms with Crippen LogP contribution in [0.4, 0.5) is 0 Å². The number of fused-ring (bicyclic) bond motifs is 14. The Labute approximate surface area is 724 Å². The van der Waals surface area contributed by atoms with E-state index in [1.54, 1.807) is 25.1 Å². The average Bonchev–Trinajstić information content (AvgIpc) is 0.789. The fourth-order valence-electron chi connectivity index (χ4n) is 16.0. The lowest BCUT2D eigenvalue weighted by Crippen LogP contribution is -2.63. The SMILES string of the molecule is CO[C@H]1[C@H](C)O[C@@H](O[C@@H]2c3ccc(c(Cl)c3)Oc3cc4cc(c3O[C@@H]3O[C@H](CO)[C@@H](O)[C@H](O)[C@H]3O[C@H]3C[C@H](N)[C@@H](O)[C@H](O)O3)Oc3ccc(cc3)[C@@H](O)[C@@H](NC(=O)C(=O)c3ccc(O)c(Cl)c3)C(=O)N[C@@H](Cc3ccccc3)C(=O)N[C@H]4C(=O)N[C@H]3C(=O)N[C@@H]2C(=O)N[C@H](C(=O)O)c2cc(O)cc(O[C@H]4O[C@H](CO)[C@@H](O)[C@H](O)[C@@H]4O)c2C2C=C3C=CC2O)C[C@@H]1N. The second kappa shape index (κ2) is 38.5. The van der Waals surface area contributed by atoms with Crippen LogP contribution in [0.5, 0.6) is 46.0 Å². The normalized spacial score (nSPS) is 33.5. The Kier molecular flexibility index (Phi) is 28.0. The molecular weight excluding hydrogens is 1710 g/mol. The van der Waals surface area contributed by atoms with Gasteiger partial charge in [-0.2, -0.15) is 0 Å². The van der Waals surface area contributed by atoms with Crippen LogP contribution < -0.4 is 62.3 Å². The number of phenols is 2. The molecule has 2 unspecified atom stereocenters. The van der Waals surface area contributed by atoms with Crippen LogP contribution in [-0.4, -0.2) is 280 Å². The lowest BCUT2D eigenvalue weighted by molar-refractivity contribution is -0.348. The molecule has 41 nitrogen and oxygen atoms in total. The van der Waals surface area contributed by atoms with Crippen LogP contribution in [-0.2, 0) is 73.1 Å². The summed E-state index contributed by atoms with van der Waals surface area (Å²) in [7, 11) is 1.37. The Balaban J connectivity index is 1.00. The molecular formula is C83H90Cl2N8O33. The fourth-order valence-corrected chi connectivity index (χ4v) is 16.4. The Morgan fingerprint density at radius 2 is 1.25 bits per heavy atom. The summed E-state index contributed by atoms with van der Waals surface area (Å²) in [6, 6.07) is 7.20. The lowest BCUT2D eigenvalue weighted by Gasteiger charge is -2.44. The number of aromatic hydroxyl groups is 2. The monoisotopic (exact) mass is 1800 g/mol. The molecule has 10 aliphatic rings. The zero-order chi connectivity index (χ0) is 90.3. The number of carboxylic acid groups (broad SMARTS) is 1. The van der Waals surface area contributed by atoms with E-state index in [1.165, 1.54) is 61.7 Å². The first kappa shape index (κ1) is 91.5. The first-order valence-corrected chi connectivity index (χ1v) is 40.3. The zero-order valence-corrected chi connectivity index (χ0v) is 67.8. The average molecular weight is 1800 g/mol. The molecule has 674 valence electrons. The highest BCUT2D eigenvalue weighted by Crippen LogP contribution is 2.50. The van der Waals surface area contributed by atoms with Gasteiger partial charge in [-0.3, -0.25) is 33.6 Å². The summed E-state index contributed by atoms with van der Waals surface area (Å²) in [4.78, 5) is 123. The van der Waals surface area contributed by atoms with Gasteiger partial charge < -0.3 is 167 Å². The molecule has 126 heavy (non-hydrogen) atoms. The number of aliphatic hydroxyl groups is 11. The number of carbonyl (C=O) groups is 8. The van der Waals surface area contributed by atoms with E-state index < -0.39 is 312 Å². The number of Topliss-reactive ketones (excluding diaryl/α,β-unsaturated/α-hetero) is 1. The summed E-state index contributed by atoms with van der Waals surface area (Å²) in [6.45, 7) is -0.441. The predicted octanol–water partition coefficient (Wildman–Crippen LogP) is -2.16. The summed E-state index contributed by atoms with van der Waals surface area (Å²) in [5.74, 6) is -18.2. The van der Waals surface area contributed by atoms with Gasteiger partial charge in [-0.15, -0.1) is 0 Å². The summed E-state index contributed by atoms with van der Waals surface area (Å²) in [6.07, 6.45) is -32.5. The molecule has 6 aromatic carbocycles. The van der Waals surface area contributed by atoms with Crippen molar-refractivity contribution >= 4 is 70.4 Å². The van der Waals surface area contributed by atoms with Gasteiger partial charge in [0, 0.05) is 61.6 Å². The third kappa shape index (κ3) is 19.3.